The molecule has 2 unspecified atom stereocenters. The van der Waals surface area contributed by atoms with Gasteiger partial charge in [-0.05, 0) is 94.8 Å². The minimum Gasteiger partial charge on any atom is -0.314 e. The van der Waals surface area contributed by atoms with Crippen molar-refractivity contribution in [2.45, 2.75) is 24.7 Å². The van der Waals surface area contributed by atoms with E-state index in [-0.39, 0.29) is 0 Å². The molecule has 10 rings (SSSR count). The zero-order valence-corrected chi connectivity index (χ0v) is 28.9. The monoisotopic (exact) mass is 666 g/mol. The molecule has 2 nitrogen and oxygen atoms in total. The van der Waals surface area contributed by atoms with E-state index < -0.39 is 0 Å². The van der Waals surface area contributed by atoms with E-state index in [1.807, 2.05) is 0 Å². The predicted octanol–water partition coefficient (Wildman–Crippen LogP) is 12.8. The Morgan fingerprint density at radius 1 is 0.577 bits per heavy atom. The number of rotatable bonds is 6. The van der Waals surface area contributed by atoms with Crippen LogP contribution in [0.25, 0.3) is 39.9 Å². The lowest BCUT2D eigenvalue weighted by atomic mass is 9.78. The molecule has 0 aliphatic heterocycles. The van der Waals surface area contributed by atoms with Crippen LogP contribution in [0.15, 0.2) is 193 Å². The van der Waals surface area contributed by atoms with Crippen molar-refractivity contribution in [3.05, 3.63) is 221 Å². The highest BCUT2D eigenvalue weighted by Crippen LogP contribution is 2.46. The van der Waals surface area contributed by atoms with Crippen LogP contribution in [0.2, 0.25) is 0 Å². The Kier molecular flexibility index (Phi) is 7.46. The summed E-state index contributed by atoms with van der Waals surface area (Å²) in [5.41, 5.74) is 16.7. The lowest BCUT2D eigenvalue weighted by Gasteiger charge is -2.35. The molecular weight excluding hydrogens is 629 g/mol. The van der Waals surface area contributed by atoms with Crippen molar-refractivity contribution in [2.75, 3.05) is 4.90 Å². The van der Waals surface area contributed by atoms with Crippen molar-refractivity contribution in [3.8, 4) is 16.8 Å². The number of para-hydroxylation sites is 3. The van der Waals surface area contributed by atoms with Crippen LogP contribution in [-0.2, 0) is 6.42 Å². The van der Waals surface area contributed by atoms with Gasteiger partial charge in [-0.2, -0.15) is 0 Å². The standard InChI is InChI=1S/C50H38N2/c1-3-13-36(14-4-1)44-19-9-11-21-48(44)51(42-31-27-38-24-23-37-15-7-8-18-43(37)46(38)34-42)41-29-25-35(26-30-41)39-28-32-50-47(33-39)45-20-10-12-22-49(45)52(50)40-16-5-2-6-17-40/h1-32,39,46H,33-34H2. The van der Waals surface area contributed by atoms with Crippen LogP contribution in [0.4, 0.5) is 11.4 Å². The summed E-state index contributed by atoms with van der Waals surface area (Å²) in [6.07, 6.45) is 15.9. The molecule has 0 radical (unpaired) electrons. The maximum atomic E-state index is 2.50. The van der Waals surface area contributed by atoms with E-state index in [9.17, 15) is 0 Å². The average Bonchev–Trinajstić information content (AvgIpc) is 3.56. The predicted molar refractivity (Wildman–Crippen MR) is 218 cm³/mol. The maximum absolute atomic E-state index is 2.50. The van der Waals surface area contributed by atoms with Crippen molar-refractivity contribution in [2.24, 2.45) is 0 Å². The molecule has 0 N–H and O–H groups in total. The molecule has 2 atom stereocenters. The third kappa shape index (κ3) is 5.18. The first-order chi connectivity index (χ1) is 25.8. The van der Waals surface area contributed by atoms with E-state index in [1.54, 1.807) is 0 Å². The first-order valence-corrected chi connectivity index (χ1v) is 18.4. The van der Waals surface area contributed by atoms with Crippen molar-refractivity contribution in [1.82, 2.24) is 4.57 Å². The Morgan fingerprint density at radius 3 is 2.17 bits per heavy atom. The number of hydrogen-bond acceptors (Lipinski definition) is 1. The summed E-state index contributed by atoms with van der Waals surface area (Å²) in [4.78, 5) is 2.50. The largest absolute Gasteiger partial charge is 0.314 e. The van der Waals surface area contributed by atoms with Crippen LogP contribution in [0.5, 0.6) is 0 Å². The quantitative estimate of drug-likeness (QED) is 0.171. The summed E-state index contributed by atoms with van der Waals surface area (Å²) >= 11 is 0. The fourth-order valence-electron chi connectivity index (χ4n) is 8.65. The Bertz CT molecular complexity index is 2560. The van der Waals surface area contributed by atoms with E-state index in [0.717, 1.165) is 12.8 Å². The van der Waals surface area contributed by atoms with E-state index in [4.69, 9.17) is 0 Å². The number of aromatic nitrogens is 1. The molecular formula is C50H38N2. The van der Waals surface area contributed by atoms with Gasteiger partial charge in [-0.1, -0.05) is 146 Å². The Balaban J connectivity index is 1.04. The summed E-state index contributed by atoms with van der Waals surface area (Å²) < 4.78 is 2.42. The summed E-state index contributed by atoms with van der Waals surface area (Å²) in [7, 11) is 0. The second-order valence-electron chi connectivity index (χ2n) is 14.1. The summed E-state index contributed by atoms with van der Waals surface area (Å²) in [5, 5.41) is 1.34. The molecule has 0 fully saturated rings. The smallest absolute Gasteiger partial charge is 0.0537 e. The lowest BCUT2D eigenvalue weighted by molar-refractivity contribution is 0.761. The maximum Gasteiger partial charge on any atom is 0.0537 e. The van der Waals surface area contributed by atoms with Gasteiger partial charge in [-0.15, -0.1) is 0 Å². The summed E-state index contributed by atoms with van der Waals surface area (Å²) in [5.74, 6) is 0.623. The first-order valence-electron chi connectivity index (χ1n) is 18.4. The van der Waals surface area contributed by atoms with Gasteiger partial charge in [0, 0.05) is 45.6 Å². The molecule has 3 aliphatic carbocycles. The van der Waals surface area contributed by atoms with Crippen LogP contribution in [0, 0.1) is 0 Å². The van der Waals surface area contributed by atoms with Gasteiger partial charge in [0.2, 0.25) is 0 Å². The van der Waals surface area contributed by atoms with Gasteiger partial charge in [0.15, 0.2) is 0 Å². The van der Waals surface area contributed by atoms with E-state index in [2.05, 4.69) is 204 Å². The molecule has 0 spiro atoms. The van der Waals surface area contributed by atoms with Crippen LogP contribution in [-0.4, -0.2) is 4.57 Å². The fraction of sp³-hybridized carbons (Fsp3) is 0.0800. The molecule has 52 heavy (non-hydrogen) atoms. The third-order valence-electron chi connectivity index (χ3n) is 11.2. The van der Waals surface area contributed by atoms with E-state index in [0.29, 0.717) is 11.8 Å². The molecule has 7 aromatic rings. The van der Waals surface area contributed by atoms with Gasteiger partial charge in [-0.25, -0.2) is 0 Å². The fourth-order valence-corrected chi connectivity index (χ4v) is 8.65. The SMILES string of the molecule is C1=Cc2ccccc2C2CC(N(c3ccc(C4C=Cc5c(c6ccccc6n5-c5ccccc5)C4)cc3)c3ccccc3-c3ccccc3)=CC=C12. The highest BCUT2D eigenvalue weighted by atomic mass is 15.2. The van der Waals surface area contributed by atoms with Gasteiger partial charge in [0.05, 0.1) is 11.2 Å². The average molecular weight is 667 g/mol. The number of nitrogens with zero attached hydrogens (tertiary/aromatic N) is 2. The van der Waals surface area contributed by atoms with Crippen molar-refractivity contribution in [1.29, 1.82) is 0 Å². The highest BCUT2D eigenvalue weighted by molar-refractivity contribution is 5.91. The summed E-state index contributed by atoms with van der Waals surface area (Å²) in [6.45, 7) is 0. The van der Waals surface area contributed by atoms with Crippen LogP contribution in [0.3, 0.4) is 0 Å². The minimum atomic E-state index is 0.298. The highest BCUT2D eigenvalue weighted by Gasteiger charge is 2.29. The van der Waals surface area contributed by atoms with Gasteiger partial charge in [0.25, 0.3) is 0 Å². The topological polar surface area (TPSA) is 8.17 Å². The van der Waals surface area contributed by atoms with Crippen LogP contribution >= 0.6 is 0 Å². The van der Waals surface area contributed by atoms with E-state index >= 15 is 0 Å². The Morgan fingerprint density at radius 2 is 1.31 bits per heavy atom. The first kappa shape index (κ1) is 30.4. The third-order valence-corrected chi connectivity index (χ3v) is 11.2. The molecule has 0 bridgehead atoms. The zero-order chi connectivity index (χ0) is 34.4. The second kappa shape index (κ2) is 12.7. The second-order valence-corrected chi connectivity index (χ2v) is 14.1. The molecule has 0 amide bonds. The molecule has 0 saturated heterocycles. The van der Waals surface area contributed by atoms with Gasteiger partial charge in [-0.3, -0.25) is 0 Å². The van der Waals surface area contributed by atoms with Crippen LogP contribution in [0.1, 0.15) is 46.2 Å². The minimum absolute atomic E-state index is 0.298. The normalized spacial score (nSPS) is 17.2. The summed E-state index contributed by atoms with van der Waals surface area (Å²) in [6, 6.07) is 57.5. The molecule has 248 valence electrons. The molecule has 3 aliphatic rings. The Hall–Kier alpha value is -6.38. The van der Waals surface area contributed by atoms with Crippen molar-refractivity contribution < 1.29 is 0 Å². The van der Waals surface area contributed by atoms with Crippen molar-refractivity contribution in [3.63, 3.8) is 0 Å². The molecule has 6 aromatic carbocycles. The van der Waals surface area contributed by atoms with Gasteiger partial charge in [0.1, 0.15) is 0 Å². The number of allylic oxidation sites excluding steroid dienone is 6. The number of anilines is 2. The lowest BCUT2D eigenvalue weighted by Crippen LogP contribution is -2.22. The molecule has 1 aromatic heterocycles. The molecule has 2 heteroatoms. The van der Waals surface area contributed by atoms with Crippen molar-refractivity contribution >= 4 is 34.4 Å². The van der Waals surface area contributed by atoms with E-state index in [1.165, 1.54) is 78.3 Å². The van der Waals surface area contributed by atoms with Gasteiger partial charge < -0.3 is 9.47 Å². The zero-order valence-electron chi connectivity index (χ0n) is 28.9. The molecule has 1 heterocycles. The number of hydrogen-bond donors (Lipinski definition) is 0. The van der Waals surface area contributed by atoms with Gasteiger partial charge >= 0.3 is 0 Å². The molecule has 0 saturated carbocycles. The number of benzene rings is 6. The number of fused-ring (bicyclic) bond motifs is 6. The van der Waals surface area contributed by atoms with Crippen LogP contribution < -0.4 is 4.90 Å². The Labute approximate surface area is 305 Å².